The molecular formula is C23H24N2O4. The number of nitrogens with one attached hydrogen (secondary N) is 1. The first-order valence-electron chi connectivity index (χ1n) is 9.42. The number of ether oxygens (including phenoxy) is 2. The van der Waals surface area contributed by atoms with Crippen LogP contribution in [0.2, 0.25) is 0 Å². The summed E-state index contributed by atoms with van der Waals surface area (Å²) in [7, 11) is 1.62. The van der Waals surface area contributed by atoms with Gasteiger partial charge in [-0.05, 0) is 49.6 Å². The number of carbonyl (C=O) groups is 2. The number of fused-ring (bicyclic) bond motifs is 1. The molecule has 1 N–H and O–H groups in total. The van der Waals surface area contributed by atoms with Crippen molar-refractivity contribution in [3.05, 3.63) is 70.9 Å². The van der Waals surface area contributed by atoms with Crippen molar-refractivity contribution < 1.29 is 19.1 Å². The second-order valence-corrected chi connectivity index (χ2v) is 6.74. The van der Waals surface area contributed by atoms with E-state index in [1.807, 2.05) is 55.5 Å². The average molecular weight is 392 g/mol. The fourth-order valence-electron chi connectivity index (χ4n) is 3.22. The SMILES string of the molecule is COc1ccc(CCNC(=O)COC(=O)c2c(C)nc3ccccc3c2C)cc1. The summed E-state index contributed by atoms with van der Waals surface area (Å²) >= 11 is 0. The Bertz CT molecular complexity index is 1030. The fraction of sp³-hybridized carbons (Fsp3) is 0.261. The third-order valence-electron chi connectivity index (χ3n) is 4.77. The van der Waals surface area contributed by atoms with E-state index in [1.54, 1.807) is 14.0 Å². The van der Waals surface area contributed by atoms with Gasteiger partial charge in [0, 0.05) is 11.9 Å². The minimum Gasteiger partial charge on any atom is -0.497 e. The van der Waals surface area contributed by atoms with E-state index in [1.165, 1.54) is 0 Å². The number of hydrogen-bond donors (Lipinski definition) is 1. The van der Waals surface area contributed by atoms with E-state index in [0.717, 1.165) is 27.8 Å². The number of methoxy groups -OCH3 is 1. The molecule has 0 spiro atoms. The molecule has 0 radical (unpaired) electrons. The molecular weight excluding hydrogens is 368 g/mol. The quantitative estimate of drug-likeness (QED) is 0.624. The van der Waals surface area contributed by atoms with E-state index in [9.17, 15) is 9.59 Å². The van der Waals surface area contributed by atoms with Gasteiger partial charge in [0.05, 0.1) is 23.9 Å². The smallest absolute Gasteiger partial charge is 0.340 e. The molecule has 1 heterocycles. The maximum atomic E-state index is 12.5. The fourth-order valence-corrected chi connectivity index (χ4v) is 3.22. The summed E-state index contributed by atoms with van der Waals surface area (Å²) in [5.41, 5.74) is 3.71. The Morgan fingerprint density at radius 2 is 1.76 bits per heavy atom. The Balaban J connectivity index is 1.53. The standard InChI is InChI=1S/C23H24N2O4/c1-15-19-6-4-5-7-20(19)25-16(2)22(15)23(27)29-14-21(26)24-13-12-17-8-10-18(28-3)11-9-17/h4-11H,12-14H2,1-3H3,(H,24,26). The molecule has 0 fully saturated rings. The zero-order chi connectivity index (χ0) is 20.8. The van der Waals surface area contributed by atoms with Crippen LogP contribution in [0.1, 0.15) is 27.2 Å². The van der Waals surface area contributed by atoms with Crippen LogP contribution >= 0.6 is 0 Å². The molecule has 3 rings (SSSR count). The summed E-state index contributed by atoms with van der Waals surface area (Å²) < 4.78 is 10.3. The van der Waals surface area contributed by atoms with Crippen LogP contribution in [0.3, 0.4) is 0 Å². The number of carbonyl (C=O) groups excluding carboxylic acids is 2. The number of nitrogens with zero attached hydrogens (tertiary/aromatic N) is 1. The lowest BCUT2D eigenvalue weighted by Gasteiger charge is -2.12. The zero-order valence-corrected chi connectivity index (χ0v) is 16.8. The summed E-state index contributed by atoms with van der Waals surface area (Å²) in [5.74, 6) is -0.0852. The van der Waals surface area contributed by atoms with Crippen LogP contribution in [-0.4, -0.2) is 37.1 Å². The van der Waals surface area contributed by atoms with Crippen molar-refractivity contribution >= 4 is 22.8 Å². The number of aromatic nitrogens is 1. The summed E-state index contributed by atoms with van der Waals surface area (Å²) in [6.45, 7) is 3.76. The molecule has 0 unspecified atom stereocenters. The van der Waals surface area contributed by atoms with E-state index in [2.05, 4.69) is 10.3 Å². The van der Waals surface area contributed by atoms with Crippen LogP contribution in [0.4, 0.5) is 0 Å². The first kappa shape index (κ1) is 20.3. The predicted molar refractivity (Wildman–Crippen MR) is 111 cm³/mol. The van der Waals surface area contributed by atoms with Crippen molar-refractivity contribution in [1.82, 2.24) is 10.3 Å². The first-order chi connectivity index (χ1) is 14.0. The van der Waals surface area contributed by atoms with E-state index >= 15 is 0 Å². The molecule has 6 nitrogen and oxygen atoms in total. The molecule has 3 aromatic rings. The molecule has 0 aliphatic heterocycles. The van der Waals surface area contributed by atoms with Crippen LogP contribution in [0.5, 0.6) is 5.75 Å². The average Bonchev–Trinajstić information content (AvgIpc) is 2.73. The van der Waals surface area contributed by atoms with Crippen LogP contribution < -0.4 is 10.1 Å². The van der Waals surface area contributed by atoms with Crippen LogP contribution in [0, 0.1) is 13.8 Å². The molecule has 0 saturated carbocycles. The summed E-state index contributed by atoms with van der Waals surface area (Å²) in [6, 6.07) is 15.3. The van der Waals surface area contributed by atoms with Gasteiger partial charge in [0.15, 0.2) is 6.61 Å². The molecule has 1 amide bonds. The van der Waals surface area contributed by atoms with E-state index in [0.29, 0.717) is 24.2 Å². The zero-order valence-electron chi connectivity index (χ0n) is 16.8. The molecule has 6 heteroatoms. The monoisotopic (exact) mass is 392 g/mol. The molecule has 0 bridgehead atoms. The highest BCUT2D eigenvalue weighted by Gasteiger charge is 2.18. The van der Waals surface area contributed by atoms with Gasteiger partial charge >= 0.3 is 5.97 Å². The number of benzene rings is 2. The van der Waals surface area contributed by atoms with Gasteiger partial charge in [-0.3, -0.25) is 9.78 Å². The number of aryl methyl sites for hydroxylation is 2. The van der Waals surface area contributed by atoms with Gasteiger partial charge in [-0.25, -0.2) is 4.79 Å². The highest BCUT2D eigenvalue weighted by atomic mass is 16.5. The second kappa shape index (κ2) is 9.19. The summed E-state index contributed by atoms with van der Waals surface area (Å²) in [5, 5.41) is 3.66. The number of esters is 1. The Morgan fingerprint density at radius 1 is 1.03 bits per heavy atom. The Kier molecular flexibility index (Phi) is 6.44. The van der Waals surface area contributed by atoms with E-state index < -0.39 is 5.97 Å². The lowest BCUT2D eigenvalue weighted by atomic mass is 10.0. The second-order valence-electron chi connectivity index (χ2n) is 6.74. The lowest BCUT2D eigenvalue weighted by molar-refractivity contribution is -0.124. The lowest BCUT2D eigenvalue weighted by Crippen LogP contribution is -2.30. The Morgan fingerprint density at radius 3 is 2.48 bits per heavy atom. The van der Waals surface area contributed by atoms with Crippen molar-refractivity contribution in [3.8, 4) is 5.75 Å². The maximum absolute atomic E-state index is 12.5. The van der Waals surface area contributed by atoms with Gasteiger partial charge in [-0.15, -0.1) is 0 Å². The maximum Gasteiger partial charge on any atom is 0.340 e. The third-order valence-corrected chi connectivity index (χ3v) is 4.77. The van der Waals surface area contributed by atoms with E-state index in [-0.39, 0.29) is 12.5 Å². The van der Waals surface area contributed by atoms with Crippen LogP contribution in [0.15, 0.2) is 48.5 Å². The summed E-state index contributed by atoms with van der Waals surface area (Å²) in [6.07, 6.45) is 0.677. The Labute approximate surface area is 169 Å². The number of amides is 1. The van der Waals surface area contributed by atoms with Crippen LogP contribution in [0.25, 0.3) is 10.9 Å². The molecule has 0 saturated heterocycles. The normalized spacial score (nSPS) is 10.6. The first-order valence-corrected chi connectivity index (χ1v) is 9.42. The van der Waals surface area contributed by atoms with Crippen molar-refractivity contribution in [3.63, 3.8) is 0 Å². The van der Waals surface area contributed by atoms with Gasteiger partial charge < -0.3 is 14.8 Å². The number of pyridine rings is 1. The van der Waals surface area contributed by atoms with Crippen molar-refractivity contribution in [2.75, 3.05) is 20.3 Å². The van der Waals surface area contributed by atoms with Gasteiger partial charge in [-0.1, -0.05) is 30.3 Å². The molecule has 150 valence electrons. The molecule has 0 aliphatic rings. The molecule has 1 aromatic heterocycles. The molecule has 0 aliphatic carbocycles. The topological polar surface area (TPSA) is 77.5 Å². The van der Waals surface area contributed by atoms with E-state index in [4.69, 9.17) is 9.47 Å². The van der Waals surface area contributed by atoms with Crippen molar-refractivity contribution in [1.29, 1.82) is 0 Å². The molecule has 2 aromatic carbocycles. The van der Waals surface area contributed by atoms with Gasteiger partial charge in [0.1, 0.15) is 5.75 Å². The predicted octanol–water partition coefficient (Wildman–Crippen LogP) is 3.38. The van der Waals surface area contributed by atoms with Gasteiger partial charge in [-0.2, -0.15) is 0 Å². The van der Waals surface area contributed by atoms with Crippen molar-refractivity contribution in [2.24, 2.45) is 0 Å². The number of rotatable bonds is 7. The number of hydrogen-bond acceptors (Lipinski definition) is 5. The van der Waals surface area contributed by atoms with Crippen LogP contribution in [-0.2, 0) is 16.0 Å². The van der Waals surface area contributed by atoms with Gasteiger partial charge in [0.25, 0.3) is 5.91 Å². The molecule has 29 heavy (non-hydrogen) atoms. The molecule has 0 atom stereocenters. The minimum atomic E-state index is -0.538. The highest BCUT2D eigenvalue weighted by Crippen LogP contribution is 2.23. The highest BCUT2D eigenvalue weighted by molar-refractivity contribution is 5.99. The Hall–Kier alpha value is -3.41. The third kappa shape index (κ3) is 4.90. The largest absolute Gasteiger partial charge is 0.497 e. The van der Waals surface area contributed by atoms with Gasteiger partial charge in [0.2, 0.25) is 0 Å². The van der Waals surface area contributed by atoms with Crippen molar-refractivity contribution in [2.45, 2.75) is 20.3 Å². The number of para-hydroxylation sites is 1. The minimum absolute atomic E-state index is 0.326. The summed E-state index contributed by atoms with van der Waals surface area (Å²) in [4.78, 5) is 29.0.